The summed E-state index contributed by atoms with van der Waals surface area (Å²) in [5.74, 6) is 0.0429. The molecule has 134 valence electrons. The van der Waals surface area contributed by atoms with E-state index in [4.69, 9.17) is 0 Å². The van der Waals surface area contributed by atoms with E-state index in [0.29, 0.717) is 5.56 Å². The van der Waals surface area contributed by atoms with Crippen molar-refractivity contribution in [3.63, 3.8) is 0 Å². The third-order valence-corrected chi connectivity index (χ3v) is 3.88. The highest BCUT2D eigenvalue weighted by Gasteiger charge is 2.14. The topological polar surface area (TPSA) is 61.4 Å². The molecule has 5 heteroatoms. The third-order valence-electron chi connectivity index (χ3n) is 3.88. The van der Waals surface area contributed by atoms with Crippen LogP contribution >= 0.6 is 0 Å². The molecule has 1 rings (SSSR count). The molecule has 1 atom stereocenters. The predicted molar refractivity (Wildman–Crippen MR) is 99.3 cm³/mol. The number of benzene rings is 1. The molecule has 0 aromatic heterocycles. The Morgan fingerprint density at radius 3 is 2.12 bits per heavy atom. The fourth-order valence-corrected chi connectivity index (χ4v) is 2.38. The van der Waals surface area contributed by atoms with Gasteiger partial charge in [-0.3, -0.25) is 9.59 Å². The van der Waals surface area contributed by atoms with Crippen LogP contribution in [0.4, 0.5) is 5.69 Å². The minimum Gasteiger partial charge on any atom is -0.376 e. The van der Waals surface area contributed by atoms with Gasteiger partial charge in [0.2, 0.25) is 5.91 Å². The van der Waals surface area contributed by atoms with Gasteiger partial charge >= 0.3 is 0 Å². The lowest BCUT2D eigenvalue weighted by Gasteiger charge is -2.21. The summed E-state index contributed by atoms with van der Waals surface area (Å²) < 4.78 is 0. The van der Waals surface area contributed by atoms with Crippen molar-refractivity contribution in [2.75, 3.05) is 25.0 Å². The van der Waals surface area contributed by atoms with Crippen LogP contribution in [-0.4, -0.2) is 42.4 Å². The van der Waals surface area contributed by atoms with Gasteiger partial charge in [-0.1, -0.05) is 20.8 Å². The molecular formula is C19H31N3O2. The molecule has 1 aromatic rings. The Hall–Kier alpha value is -2.04. The number of nitrogens with zero attached hydrogens (tertiary/aromatic N) is 1. The van der Waals surface area contributed by atoms with Gasteiger partial charge in [-0.25, -0.2) is 0 Å². The molecule has 0 saturated carbocycles. The van der Waals surface area contributed by atoms with E-state index in [-0.39, 0.29) is 24.4 Å². The summed E-state index contributed by atoms with van der Waals surface area (Å²) in [7, 11) is 0. The van der Waals surface area contributed by atoms with E-state index in [0.717, 1.165) is 38.0 Å². The van der Waals surface area contributed by atoms with Gasteiger partial charge in [0.05, 0.1) is 6.54 Å². The number of carbonyl (C=O) groups is 2. The molecule has 0 bridgehead atoms. The number of anilines is 1. The zero-order valence-corrected chi connectivity index (χ0v) is 15.4. The van der Waals surface area contributed by atoms with Gasteiger partial charge in [0.1, 0.15) is 0 Å². The first-order valence-electron chi connectivity index (χ1n) is 8.94. The van der Waals surface area contributed by atoms with Gasteiger partial charge in [0.25, 0.3) is 5.91 Å². The van der Waals surface area contributed by atoms with Crippen LogP contribution in [0.2, 0.25) is 0 Å². The molecule has 0 aliphatic carbocycles. The normalized spacial score (nSPS) is 11.7. The molecule has 1 aromatic carbocycles. The molecular weight excluding hydrogens is 302 g/mol. The summed E-state index contributed by atoms with van der Waals surface area (Å²) in [4.78, 5) is 26.1. The Morgan fingerprint density at radius 2 is 1.62 bits per heavy atom. The molecule has 1 unspecified atom stereocenters. The fourth-order valence-electron chi connectivity index (χ4n) is 2.38. The van der Waals surface area contributed by atoms with Gasteiger partial charge in [0.15, 0.2) is 0 Å². The lowest BCUT2D eigenvalue weighted by Crippen LogP contribution is -2.36. The highest BCUT2D eigenvalue weighted by atomic mass is 16.2. The van der Waals surface area contributed by atoms with Crippen LogP contribution < -0.4 is 10.6 Å². The average molecular weight is 333 g/mol. The molecule has 0 aliphatic heterocycles. The standard InChI is InChI=1S/C19H31N3O2/c1-5-12-22(13-6-2)19(24)16-8-10-17(11-9-16)20-14-18(23)21-15(4)7-3/h8-11,15,20H,5-7,12-14H2,1-4H3,(H,21,23). The maximum Gasteiger partial charge on any atom is 0.253 e. The van der Waals surface area contributed by atoms with Gasteiger partial charge in [0, 0.05) is 30.4 Å². The highest BCUT2D eigenvalue weighted by molar-refractivity contribution is 5.94. The van der Waals surface area contributed by atoms with E-state index in [1.54, 1.807) is 0 Å². The maximum absolute atomic E-state index is 12.5. The minimum atomic E-state index is -0.0263. The number of hydrogen-bond acceptors (Lipinski definition) is 3. The summed E-state index contributed by atoms with van der Waals surface area (Å²) in [6.45, 7) is 9.96. The van der Waals surface area contributed by atoms with Crippen LogP contribution in [0.15, 0.2) is 24.3 Å². The summed E-state index contributed by atoms with van der Waals surface area (Å²) >= 11 is 0. The molecule has 0 radical (unpaired) electrons. The van der Waals surface area contributed by atoms with Crippen molar-refractivity contribution in [1.29, 1.82) is 0 Å². The van der Waals surface area contributed by atoms with E-state index in [1.165, 1.54) is 0 Å². The molecule has 24 heavy (non-hydrogen) atoms. The molecule has 0 aliphatic rings. The molecule has 0 saturated heterocycles. The van der Waals surface area contributed by atoms with E-state index in [9.17, 15) is 9.59 Å². The van der Waals surface area contributed by atoms with Crippen molar-refractivity contribution in [1.82, 2.24) is 10.2 Å². The summed E-state index contributed by atoms with van der Waals surface area (Å²) in [6.07, 6.45) is 2.82. The molecule has 0 fully saturated rings. The fraction of sp³-hybridized carbons (Fsp3) is 0.579. The van der Waals surface area contributed by atoms with Gasteiger partial charge in [-0.05, 0) is 50.5 Å². The zero-order valence-electron chi connectivity index (χ0n) is 15.4. The van der Waals surface area contributed by atoms with Crippen molar-refractivity contribution in [3.8, 4) is 0 Å². The quantitative estimate of drug-likeness (QED) is 0.691. The molecule has 2 N–H and O–H groups in total. The summed E-state index contributed by atoms with van der Waals surface area (Å²) in [5.41, 5.74) is 1.52. The van der Waals surface area contributed by atoms with Gasteiger partial charge in [-0.2, -0.15) is 0 Å². The smallest absolute Gasteiger partial charge is 0.253 e. The van der Waals surface area contributed by atoms with Crippen LogP contribution in [0.1, 0.15) is 57.3 Å². The second-order valence-corrected chi connectivity index (χ2v) is 6.10. The Bertz CT molecular complexity index is 508. The van der Waals surface area contributed by atoms with Crippen molar-refractivity contribution in [3.05, 3.63) is 29.8 Å². The van der Waals surface area contributed by atoms with Crippen molar-refractivity contribution < 1.29 is 9.59 Å². The second kappa shape index (κ2) is 10.7. The monoisotopic (exact) mass is 333 g/mol. The number of rotatable bonds is 10. The van der Waals surface area contributed by atoms with E-state index in [2.05, 4.69) is 24.5 Å². The first-order valence-corrected chi connectivity index (χ1v) is 8.94. The highest BCUT2D eigenvalue weighted by Crippen LogP contribution is 2.12. The van der Waals surface area contributed by atoms with Crippen LogP contribution in [0.3, 0.4) is 0 Å². The van der Waals surface area contributed by atoms with Gasteiger partial charge < -0.3 is 15.5 Å². The van der Waals surface area contributed by atoms with Gasteiger partial charge in [-0.15, -0.1) is 0 Å². The lowest BCUT2D eigenvalue weighted by molar-refractivity contribution is -0.120. The maximum atomic E-state index is 12.5. The Balaban J connectivity index is 2.58. The summed E-state index contributed by atoms with van der Waals surface area (Å²) in [5, 5.41) is 5.99. The van der Waals surface area contributed by atoms with Crippen LogP contribution in [0.5, 0.6) is 0 Å². The van der Waals surface area contributed by atoms with E-state index >= 15 is 0 Å². The number of amides is 2. The molecule has 2 amide bonds. The van der Waals surface area contributed by atoms with Crippen LogP contribution in [0, 0.1) is 0 Å². The zero-order chi connectivity index (χ0) is 17.9. The van der Waals surface area contributed by atoms with E-state index < -0.39 is 0 Å². The molecule has 0 spiro atoms. The van der Waals surface area contributed by atoms with Crippen molar-refractivity contribution >= 4 is 17.5 Å². The number of hydrogen-bond donors (Lipinski definition) is 2. The van der Waals surface area contributed by atoms with Crippen LogP contribution in [-0.2, 0) is 4.79 Å². The Morgan fingerprint density at radius 1 is 1.04 bits per heavy atom. The molecule has 5 nitrogen and oxygen atoms in total. The predicted octanol–water partition coefficient (Wildman–Crippen LogP) is 3.28. The lowest BCUT2D eigenvalue weighted by atomic mass is 10.1. The first-order chi connectivity index (χ1) is 11.5. The first kappa shape index (κ1) is 20.0. The number of carbonyl (C=O) groups excluding carboxylic acids is 2. The Kier molecular flexibility index (Phi) is 8.90. The van der Waals surface area contributed by atoms with Crippen LogP contribution in [0.25, 0.3) is 0 Å². The largest absolute Gasteiger partial charge is 0.376 e. The SMILES string of the molecule is CCCN(CCC)C(=O)c1ccc(NCC(=O)NC(C)CC)cc1. The molecule has 0 heterocycles. The third kappa shape index (κ3) is 6.60. The summed E-state index contributed by atoms with van der Waals surface area (Å²) in [6, 6.07) is 7.51. The van der Waals surface area contributed by atoms with Crippen molar-refractivity contribution in [2.45, 2.75) is 53.0 Å². The second-order valence-electron chi connectivity index (χ2n) is 6.10. The number of nitrogens with one attached hydrogen (secondary N) is 2. The van der Waals surface area contributed by atoms with E-state index in [1.807, 2.05) is 43.0 Å². The van der Waals surface area contributed by atoms with Crippen molar-refractivity contribution in [2.24, 2.45) is 0 Å². The average Bonchev–Trinajstić information content (AvgIpc) is 2.59. The minimum absolute atomic E-state index is 0.0263. The Labute approximate surface area is 145 Å².